The van der Waals surface area contributed by atoms with Crippen LogP contribution >= 0.6 is 0 Å². The summed E-state index contributed by atoms with van der Waals surface area (Å²) in [6, 6.07) is 16.6. The third-order valence-electron chi connectivity index (χ3n) is 4.21. The van der Waals surface area contributed by atoms with Crippen LogP contribution in [0.3, 0.4) is 0 Å². The Labute approximate surface area is 152 Å². The lowest BCUT2D eigenvalue weighted by molar-refractivity contribution is -0.160. The number of hydrogen-bond acceptors (Lipinski definition) is 4. The minimum Gasteiger partial charge on any atom is -0.489 e. The van der Waals surface area contributed by atoms with Gasteiger partial charge >= 0.3 is 5.97 Å². The third kappa shape index (κ3) is 4.21. The quantitative estimate of drug-likeness (QED) is 0.892. The Morgan fingerprint density at radius 2 is 1.81 bits per heavy atom. The first-order chi connectivity index (χ1) is 12.5. The Bertz CT molecular complexity index is 777. The molecule has 2 atom stereocenters. The fourth-order valence-electron chi connectivity index (χ4n) is 2.96. The van der Waals surface area contributed by atoms with Gasteiger partial charge in [0.1, 0.15) is 12.4 Å². The number of morpholine rings is 1. The molecule has 1 N–H and O–H groups in total. The van der Waals surface area contributed by atoms with Crippen molar-refractivity contribution >= 4 is 11.9 Å². The molecule has 1 aliphatic heterocycles. The summed E-state index contributed by atoms with van der Waals surface area (Å²) in [5.74, 6) is -0.547. The van der Waals surface area contributed by atoms with Gasteiger partial charge in [0, 0.05) is 17.7 Å². The van der Waals surface area contributed by atoms with Crippen molar-refractivity contribution in [2.45, 2.75) is 25.7 Å². The zero-order valence-corrected chi connectivity index (χ0v) is 14.5. The fourth-order valence-corrected chi connectivity index (χ4v) is 2.96. The van der Waals surface area contributed by atoms with Crippen LogP contribution in [0.5, 0.6) is 5.75 Å². The van der Waals surface area contributed by atoms with Gasteiger partial charge in [-0.15, -0.1) is 0 Å². The number of hydrogen-bond donors (Lipinski definition) is 1. The Balaban J connectivity index is 1.76. The number of benzene rings is 2. The second-order valence-electron chi connectivity index (χ2n) is 6.24. The van der Waals surface area contributed by atoms with Crippen LogP contribution in [0.15, 0.2) is 54.6 Å². The van der Waals surface area contributed by atoms with Gasteiger partial charge in [0.05, 0.1) is 12.6 Å². The van der Waals surface area contributed by atoms with E-state index >= 15 is 0 Å². The highest BCUT2D eigenvalue weighted by molar-refractivity contribution is 5.96. The maximum absolute atomic E-state index is 13.0. The summed E-state index contributed by atoms with van der Waals surface area (Å²) in [4.78, 5) is 25.8. The number of ether oxygens (including phenoxy) is 2. The average Bonchev–Trinajstić information content (AvgIpc) is 2.66. The molecule has 1 fully saturated rings. The molecule has 6 heteroatoms. The van der Waals surface area contributed by atoms with Gasteiger partial charge in [0.15, 0.2) is 6.10 Å². The molecule has 0 radical (unpaired) electrons. The van der Waals surface area contributed by atoms with Crippen molar-refractivity contribution in [3.63, 3.8) is 0 Å². The Morgan fingerprint density at radius 1 is 1.12 bits per heavy atom. The predicted molar refractivity (Wildman–Crippen MR) is 95.1 cm³/mol. The molecule has 3 rings (SSSR count). The molecule has 136 valence electrons. The van der Waals surface area contributed by atoms with Crippen LogP contribution in [0.2, 0.25) is 0 Å². The number of para-hydroxylation sites is 1. The molecule has 0 bridgehead atoms. The number of carboxylic acids is 1. The molecule has 1 heterocycles. The maximum atomic E-state index is 13.0. The molecular formula is C20H21NO5. The standard InChI is InChI=1S/C20H21NO5/c1-14-11-21(12-18(26-14)20(23)24)19(22)17-10-6-5-7-15(17)13-25-16-8-3-2-4-9-16/h2-10,14,18H,11-13H2,1H3,(H,23,24)/t14-,18?/m1/s1. The van der Waals surface area contributed by atoms with Gasteiger partial charge in [-0.3, -0.25) is 4.79 Å². The average molecular weight is 355 g/mol. The van der Waals surface area contributed by atoms with Crippen molar-refractivity contribution in [3.05, 3.63) is 65.7 Å². The normalized spacial score (nSPS) is 19.8. The van der Waals surface area contributed by atoms with E-state index in [4.69, 9.17) is 9.47 Å². The number of carboxylic acid groups (broad SMARTS) is 1. The highest BCUT2D eigenvalue weighted by Gasteiger charge is 2.33. The molecule has 0 aliphatic carbocycles. The first-order valence-electron chi connectivity index (χ1n) is 8.48. The second-order valence-corrected chi connectivity index (χ2v) is 6.24. The summed E-state index contributed by atoms with van der Waals surface area (Å²) in [5, 5.41) is 9.21. The van der Waals surface area contributed by atoms with Crippen LogP contribution in [0.4, 0.5) is 0 Å². The molecule has 0 spiro atoms. The van der Waals surface area contributed by atoms with Crippen molar-refractivity contribution in [1.82, 2.24) is 4.90 Å². The summed E-state index contributed by atoms with van der Waals surface area (Å²) in [6.07, 6.45) is -1.34. The molecule has 1 unspecified atom stereocenters. The van der Waals surface area contributed by atoms with Gasteiger partial charge in [0.2, 0.25) is 0 Å². The molecule has 0 aromatic heterocycles. The van der Waals surface area contributed by atoms with E-state index < -0.39 is 12.1 Å². The number of rotatable bonds is 5. The summed E-state index contributed by atoms with van der Waals surface area (Å²) in [7, 11) is 0. The Hall–Kier alpha value is -2.86. The molecule has 2 aromatic carbocycles. The van der Waals surface area contributed by atoms with Crippen molar-refractivity contribution in [2.24, 2.45) is 0 Å². The lowest BCUT2D eigenvalue weighted by Crippen LogP contribution is -2.51. The second kappa shape index (κ2) is 8.01. The van der Waals surface area contributed by atoms with Crippen molar-refractivity contribution in [3.8, 4) is 5.75 Å². The molecule has 26 heavy (non-hydrogen) atoms. The number of carbonyl (C=O) groups is 2. The van der Waals surface area contributed by atoms with E-state index in [1.54, 1.807) is 19.1 Å². The minimum atomic E-state index is -1.06. The highest BCUT2D eigenvalue weighted by Crippen LogP contribution is 2.19. The van der Waals surface area contributed by atoms with Crippen molar-refractivity contribution in [2.75, 3.05) is 13.1 Å². The number of carbonyl (C=O) groups excluding carboxylic acids is 1. The maximum Gasteiger partial charge on any atom is 0.334 e. The van der Waals surface area contributed by atoms with Gasteiger partial charge in [-0.2, -0.15) is 0 Å². The molecular weight excluding hydrogens is 334 g/mol. The number of amides is 1. The first kappa shape index (κ1) is 17.9. The molecule has 0 saturated carbocycles. The summed E-state index contributed by atoms with van der Waals surface area (Å²) < 4.78 is 11.1. The summed E-state index contributed by atoms with van der Waals surface area (Å²) in [6.45, 7) is 2.41. The first-order valence-corrected chi connectivity index (χ1v) is 8.48. The third-order valence-corrected chi connectivity index (χ3v) is 4.21. The smallest absolute Gasteiger partial charge is 0.334 e. The van der Waals surface area contributed by atoms with E-state index in [9.17, 15) is 14.7 Å². The Morgan fingerprint density at radius 3 is 2.54 bits per heavy atom. The fraction of sp³-hybridized carbons (Fsp3) is 0.300. The number of nitrogens with zero attached hydrogens (tertiary/aromatic N) is 1. The topological polar surface area (TPSA) is 76.1 Å². The van der Waals surface area contributed by atoms with E-state index in [1.165, 1.54) is 4.90 Å². The SMILES string of the molecule is C[C@@H]1CN(C(=O)c2ccccc2COc2ccccc2)CC(C(=O)O)O1. The minimum absolute atomic E-state index is 0.0341. The van der Waals surface area contributed by atoms with Crippen molar-refractivity contribution < 1.29 is 24.2 Å². The molecule has 1 aliphatic rings. The van der Waals surface area contributed by atoms with E-state index in [2.05, 4.69) is 0 Å². The van der Waals surface area contributed by atoms with E-state index in [0.29, 0.717) is 12.1 Å². The van der Waals surface area contributed by atoms with Crippen molar-refractivity contribution in [1.29, 1.82) is 0 Å². The van der Waals surface area contributed by atoms with Gasteiger partial charge < -0.3 is 19.5 Å². The van der Waals surface area contributed by atoms with E-state index in [1.807, 2.05) is 42.5 Å². The van der Waals surface area contributed by atoms with Gasteiger partial charge in [-0.1, -0.05) is 36.4 Å². The van der Waals surface area contributed by atoms with E-state index in [-0.39, 0.29) is 25.2 Å². The van der Waals surface area contributed by atoms with Gasteiger partial charge in [0.25, 0.3) is 5.91 Å². The largest absolute Gasteiger partial charge is 0.489 e. The summed E-state index contributed by atoms with van der Waals surface area (Å²) in [5.41, 5.74) is 1.27. The van der Waals surface area contributed by atoms with Gasteiger partial charge in [-0.05, 0) is 25.1 Å². The monoisotopic (exact) mass is 355 g/mol. The molecule has 6 nitrogen and oxygen atoms in total. The predicted octanol–water partition coefficient (Wildman–Crippen LogP) is 2.58. The van der Waals surface area contributed by atoms with Crippen LogP contribution in [-0.2, 0) is 16.1 Å². The van der Waals surface area contributed by atoms with Crippen LogP contribution in [0.1, 0.15) is 22.8 Å². The zero-order chi connectivity index (χ0) is 18.5. The van der Waals surface area contributed by atoms with E-state index in [0.717, 1.165) is 11.3 Å². The van der Waals surface area contributed by atoms with Crippen LogP contribution < -0.4 is 4.74 Å². The van der Waals surface area contributed by atoms with Gasteiger partial charge in [-0.25, -0.2) is 4.79 Å². The highest BCUT2D eigenvalue weighted by atomic mass is 16.5. The molecule has 2 aromatic rings. The lowest BCUT2D eigenvalue weighted by Gasteiger charge is -2.35. The zero-order valence-electron chi connectivity index (χ0n) is 14.5. The number of aliphatic carboxylic acids is 1. The molecule has 1 saturated heterocycles. The van der Waals surface area contributed by atoms with Crippen LogP contribution in [0.25, 0.3) is 0 Å². The summed E-state index contributed by atoms with van der Waals surface area (Å²) >= 11 is 0. The lowest BCUT2D eigenvalue weighted by atomic mass is 10.1. The van der Waals surface area contributed by atoms with Crippen LogP contribution in [-0.4, -0.2) is 47.2 Å². The molecule has 1 amide bonds. The Kier molecular flexibility index (Phi) is 5.53. The van der Waals surface area contributed by atoms with Crippen LogP contribution in [0, 0.1) is 0 Å².